The van der Waals surface area contributed by atoms with Crippen LogP contribution in [-0.2, 0) is 14.3 Å². The minimum atomic E-state index is -0.585. The Hall–Kier alpha value is -1.19. The Bertz CT molecular complexity index is 221. The van der Waals surface area contributed by atoms with Crippen molar-refractivity contribution < 1.29 is 19.4 Å². The van der Waals surface area contributed by atoms with E-state index in [-0.39, 0.29) is 5.57 Å². The van der Waals surface area contributed by atoms with Crippen LogP contribution in [0.4, 0.5) is 0 Å². The van der Waals surface area contributed by atoms with E-state index in [1.54, 1.807) is 0 Å². The van der Waals surface area contributed by atoms with Gasteiger partial charge in [-0.05, 0) is 20.0 Å². The molecule has 4 heteroatoms. The summed E-state index contributed by atoms with van der Waals surface area (Å²) in [7, 11) is 2.52. The lowest BCUT2D eigenvalue weighted by Gasteiger charge is -2.14. The lowest BCUT2D eigenvalue weighted by Crippen LogP contribution is -2.16. The van der Waals surface area contributed by atoms with Crippen LogP contribution in [0.1, 0.15) is 39.0 Å². The quantitative estimate of drug-likeness (QED) is 0.278. The molecular formula is C11H19O4-. The first-order chi connectivity index (χ1) is 7.17. The fourth-order valence-corrected chi connectivity index (χ4v) is 1.26. The number of carbonyl (C=O) groups excluding carboxylic acids is 1. The molecule has 0 spiro atoms. The summed E-state index contributed by atoms with van der Waals surface area (Å²) in [5.74, 6) is -1.17. The monoisotopic (exact) mass is 215 g/mol. The van der Waals surface area contributed by atoms with Crippen LogP contribution in [0.25, 0.3) is 0 Å². The fourth-order valence-electron chi connectivity index (χ4n) is 1.26. The van der Waals surface area contributed by atoms with Crippen molar-refractivity contribution in [3.63, 3.8) is 0 Å². The molecule has 0 bridgehead atoms. The van der Waals surface area contributed by atoms with Crippen molar-refractivity contribution in [2.75, 3.05) is 14.2 Å². The summed E-state index contributed by atoms with van der Waals surface area (Å²) in [4.78, 5) is 11.2. The molecule has 0 aromatic rings. The van der Waals surface area contributed by atoms with Crippen molar-refractivity contribution in [2.45, 2.75) is 39.0 Å². The third-order valence-electron chi connectivity index (χ3n) is 2.14. The summed E-state index contributed by atoms with van der Waals surface area (Å²) < 4.78 is 9.03. The van der Waals surface area contributed by atoms with Gasteiger partial charge in [0, 0.05) is 0 Å². The van der Waals surface area contributed by atoms with E-state index in [0.29, 0.717) is 6.42 Å². The fraction of sp³-hybridized carbons (Fsp3) is 0.727. The van der Waals surface area contributed by atoms with Crippen LogP contribution in [0.5, 0.6) is 0 Å². The van der Waals surface area contributed by atoms with Crippen LogP contribution in [0.2, 0.25) is 0 Å². The predicted molar refractivity (Wildman–Crippen MR) is 54.8 cm³/mol. The first-order valence-corrected chi connectivity index (χ1v) is 5.19. The Kier molecular flexibility index (Phi) is 7.50. The predicted octanol–water partition coefficient (Wildman–Crippen LogP) is 1.35. The Morgan fingerprint density at radius 1 is 1.13 bits per heavy atom. The Morgan fingerprint density at radius 2 is 1.80 bits per heavy atom. The normalized spacial score (nSPS) is 11.9. The second kappa shape index (κ2) is 8.15. The van der Waals surface area contributed by atoms with E-state index in [2.05, 4.69) is 16.4 Å². The van der Waals surface area contributed by atoms with Crippen LogP contribution in [0.3, 0.4) is 0 Å². The van der Waals surface area contributed by atoms with Gasteiger partial charge < -0.3 is 14.6 Å². The number of ether oxygens (including phenoxy) is 2. The number of rotatable bonds is 7. The first-order valence-electron chi connectivity index (χ1n) is 5.19. The first kappa shape index (κ1) is 13.8. The summed E-state index contributed by atoms with van der Waals surface area (Å²) in [5.41, 5.74) is 0.108. The van der Waals surface area contributed by atoms with Gasteiger partial charge in [-0.2, -0.15) is 0 Å². The van der Waals surface area contributed by atoms with Gasteiger partial charge in [-0.15, -0.1) is 0 Å². The van der Waals surface area contributed by atoms with Crippen molar-refractivity contribution in [3.8, 4) is 0 Å². The molecule has 0 aliphatic carbocycles. The highest BCUT2D eigenvalue weighted by atomic mass is 16.6. The maximum Gasteiger partial charge on any atom is 0.335 e. The van der Waals surface area contributed by atoms with Gasteiger partial charge in [-0.1, -0.05) is 26.2 Å². The third-order valence-corrected chi connectivity index (χ3v) is 2.14. The maximum absolute atomic E-state index is 11.2. The highest BCUT2D eigenvalue weighted by Crippen LogP contribution is 2.13. The van der Waals surface area contributed by atoms with E-state index in [1.807, 2.05) is 0 Å². The summed E-state index contributed by atoms with van der Waals surface area (Å²) in [6, 6.07) is 0. The zero-order valence-electron chi connectivity index (χ0n) is 9.67. The highest BCUT2D eigenvalue weighted by molar-refractivity contribution is 5.88. The molecule has 0 aliphatic heterocycles. The van der Waals surface area contributed by atoms with E-state index in [4.69, 9.17) is 0 Å². The second-order valence-electron chi connectivity index (χ2n) is 3.27. The largest absolute Gasteiger partial charge is 0.616 e. The number of esters is 1. The zero-order valence-corrected chi connectivity index (χ0v) is 9.67. The average Bonchev–Trinajstić information content (AvgIpc) is 2.27. The van der Waals surface area contributed by atoms with E-state index in [0.717, 1.165) is 25.7 Å². The summed E-state index contributed by atoms with van der Waals surface area (Å²) in [6.07, 6.45) is 4.47. The average molecular weight is 215 g/mol. The lowest BCUT2D eigenvalue weighted by atomic mass is 10.1. The van der Waals surface area contributed by atoms with Crippen LogP contribution >= 0.6 is 0 Å². The van der Waals surface area contributed by atoms with E-state index in [9.17, 15) is 9.90 Å². The summed E-state index contributed by atoms with van der Waals surface area (Å²) in [6.45, 7) is 2.10. The smallest absolute Gasteiger partial charge is 0.335 e. The molecule has 0 rings (SSSR count). The molecule has 0 aliphatic rings. The van der Waals surface area contributed by atoms with Crippen LogP contribution < -0.4 is 5.11 Å². The van der Waals surface area contributed by atoms with Gasteiger partial charge in [0.2, 0.25) is 0 Å². The molecule has 0 fully saturated rings. The van der Waals surface area contributed by atoms with Gasteiger partial charge in [0.1, 0.15) is 0 Å². The van der Waals surface area contributed by atoms with Crippen molar-refractivity contribution >= 4 is 5.97 Å². The summed E-state index contributed by atoms with van der Waals surface area (Å²) >= 11 is 0. The number of hydrogen-bond acceptors (Lipinski definition) is 4. The maximum atomic E-state index is 11.2. The zero-order chi connectivity index (χ0) is 11.7. The van der Waals surface area contributed by atoms with Gasteiger partial charge in [-0.25, -0.2) is 4.79 Å². The van der Waals surface area contributed by atoms with E-state index < -0.39 is 11.9 Å². The number of unbranched alkanes of at least 4 members (excludes halogenated alkanes) is 3. The number of hydrogen-bond donors (Lipinski definition) is 0. The van der Waals surface area contributed by atoms with Crippen molar-refractivity contribution in [1.29, 1.82) is 0 Å². The Labute approximate surface area is 90.9 Å². The van der Waals surface area contributed by atoms with Gasteiger partial charge >= 0.3 is 5.97 Å². The number of carbonyl (C=O) groups is 1. The van der Waals surface area contributed by atoms with Crippen LogP contribution in [-0.4, -0.2) is 20.2 Å². The van der Waals surface area contributed by atoms with Gasteiger partial charge in [0.05, 0.1) is 18.6 Å². The molecular weight excluding hydrogens is 196 g/mol. The molecule has 0 radical (unpaired) electrons. The molecule has 0 amide bonds. The van der Waals surface area contributed by atoms with Crippen molar-refractivity contribution in [3.05, 3.63) is 11.5 Å². The van der Waals surface area contributed by atoms with Gasteiger partial charge in [-0.3, -0.25) is 0 Å². The molecule has 0 heterocycles. The Morgan fingerprint density at radius 3 is 2.27 bits per heavy atom. The van der Waals surface area contributed by atoms with Crippen LogP contribution in [0.15, 0.2) is 11.5 Å². The minimum absolute atomic E-state index is 0.108. The van der Waals surface area contributed by atoms with Crippen molar-refractivity contribution in [1.82, 2.24) is 0 Å². The SMILES string of the molecule is CCCCCC/C(C(=O)OC)=C(\[O-])OC. The highest BCUT2D eigenvalue weighted by Gasteiger charge is 2.11. The Balaban J connectivity index is 4.22. The van der Waals surface area contributed by atoms with E-state index >= 15 is 0 Å². The lowest BCUT2D eigenvalue weighted by molar-refractivity contribution is -0.355. The standard InChI is InChI=1S/C11H20O4/c1-4-5-6-7-8-9(10(12)14-2)11(13)15-3/h12H,4-8H2,1-3H3/p-1/b10-9-. The van der Waals surface area contributed by atoms with Gasteiger partial charge in [0.25, 0.3) is 0 Å². The second-order valence-corrected chi connectivity index (χ2v) is 3.27. The van der Waals surface area contributed by atoms with Crippen molar-refractivity contribution in [2.24, 2.45) is 0 Å². The topological polar surface area (TPSA) is 58.6 Å². The molecule has 0 aromatic carbocycles. The minimum Gasteiger partial charge on any atom is -0.616 e. The van der Waals surface area contributed by atoms with Crippen LogP contribution in [0, 0.1) is 0 Å². The molecule has 15 heavy (non-hydrogen) atoms. The molecule has 0 saturated heterocycles. The molecule has 4 nitrogen and oxygen atoms in total. The summed E-state index contributed by atoms with van der Waals surface area (Å²) in [5, 5.41) is 11.2. The molecule has 0 unspecified atom stereocenters. The molecule has 0 N–H and O–H groups in total. The van der Waals surface area contributed by atoms with Gasteiger partial charge in [0.15, 0.2) is 0 Å². The molecule has 0 atom stereocenters. The number of methoxy groups -OCH3 is 2. The third kappa shape index (κ3) is 5.30. The molecule has 0 aromatic heterocycles. The van der Waals surface area contributed by atoms with E-state index in [1.165, 1.54) is 14.2 Å². The molecule has 0 saturated carbocycles. The molecule has 88 valence electrons.